The lowest BCUT2D eigenvalue weighted by Gasteiger charge is -2.22. The van der Waals surface area contributed by atoms with E-state index in [2.05, 4.69) is 0 Å². The van der Waals surface area contributed by atoms with Gasteiger partial charge in [0.15, 0.2) is 11.6 Å². The number of carbonyl (C=O) groups excluding carboxylic acids is 3. The first-order valence-corrected chi connectivity index (χ1v) is 21.2. The van der Waals surface area contributed by atoms with Gasteiger partial charge >= 0.3 is 0 Å². The molecule has 0 bridgehead atoms. The van der Waals surface area contributed by atoms with Gasteiger partial charge in [0.1, 0.15) is 64.2 Å². The van der Waals surface area contributed by atoms with Crippen LogP contribution in [0.2, 0.25) is 10.0 Å². The van der Waals surface area contributed by atoms with Crippen molar-refractivity contribution in [1.29, 1.82) is 0 Å². The van der Waals surface area contributed by atoms with Crippen LogP contribution < -0.4 is 9.47 Å². The molecule has 0 amide bonds. The molecule has 0 fully saturated rings. The van der Waals surface area contributed by atoms with Crippen LogP contribution in [-0.2, 0) is 18.0 Å². The highest BCUT2D eigenvalue weighted by molar-refractivity contribution is 6.34. The van der Waals surface area contributed by atoms with Crippen molar-refractivity contribution in [2.24, 2.45) is 0 Å². The summed E-state index contributed by atoms with van der Waals surface area (Å²) in [4.78, 5) is 37.6. The number of alkyl halides is 2. The fourth-order valence-electron chi connectivity index (χ4n) is 6.98. The highest BCUT2D eigenvalue weighted by Gasteiger charge is 2.30. The number of aliphatic hydroxyl groups is 2. The van der Waals surface area contributed by atoms with Crippen LogP contribution in [0.5, 0.6) is 23.0 Å². The van der Waals surface area contributed by atoms with Gasteiger partial charge in [-0.05, 0) is 82.6 Å². The number of benzene rings is 6. The summed E-state index contributed by atoms with van der Waals surface area (Å²) in [5.74, 6) is -2.66. The van der Waals surface area contributed by atoms with E-state index in [1.807, 2.05) is 0 Å². The lowest BCUT2D eigenvalue weighted by molar-refractivity contribution is -0.121. The van der Waals surface area contributed by atoms with Crippen molar-refractivity contribution >= 4 is 63.8 Å². The van der Waals surface area contributed by atoms with Crippen molar-refractivity contribution in [2.75, 3.05) is 11.8 Å². The molecule has 9 nitrogen and oxygen atoms in total. The fraction of sp³-hybridized carbons (Fsp3) is 0.204. The number of Topliss-reactive ketones (excluding diaryl/α,β-unsaturated/α-hetero) is 3. The number of carbonyl (C=O) groups is 3. The summed E-state index contributed by atoms with van der Waals surface area (Å²) in [6.45, 7) is 2.89. The van der Waals surface area contributed by atoms with Crippen molar-refractivity contribution in [3.63, 3.8) is 0 Å². The van der Waals surface area contributed by atoms with Crippen LogP contribution in [0.15, 0.2) is 121 Å². The summed E-state index contributed by atoms with van der Waals surface area (Å²) in [6.07, 6.45) is -2.05. The number of halogens is 4. The molecule has 4 N–H and O–H groups in total. The molecule has 0 radical (unpaired) electrons. The first kappa shape index (κ1) is 46.1. The second-order valence-electron chi connectivity index (χ2n) is 14.7. The Hall–Kier alpha value is -5.39. The maximum Gasteiger partial charge on any atom is 0.163 e. The van der Waals surface area contributed by atoms with Gasteiger partial charge in [0.25, 0.3) is 0 Å². The zero-order chi connectivity index (χ0) is 44.7. The third kappa shape index (κ3) is 10.4. The standard InChI is InChI=1S/C49H42Cl4O9/c1-27(54)37-17-19-41(43(52)48(37)59)61-25-29-9-13-31(14-10-29)45(56)35-7-3-5-33(21-35)39(23-50)47(58)40(24-51)34-6-4-8-36(22-34)46(57)32-15-11-30(12-16-32)26-62-42-20-18-38(28(2)55)49(60)44(42)53/h3-22,39-40,45-46,56-57,59-60H,23-26H2,1-2H3. The minimum absolute atomic E-state index is 0.0325. The lowest BCUT2D eigenvalue weighted by atomic mass is 9.83. The molecule has 0 saturated carbocycles. The van der Waals surface area contributed by atoms with Gasteiger partial charge in [0.05, 0.1) is 23.0 Å². The van der Waals surface area contributed by atoms with Crippen LogP contribution in [0.25, 0.3) is 0 Å². The summed E-state index contributed by atoms with van der Waals surface area (Å²) < 4.78 is 11.6. The second kappa shape index (κ2) is 20.7. The Morgan fingerprint density at radius 2 is 0.871 bits per heavy atom. The molecule has 6 aromatic carbocycles. The normalized spacial score (nSPS) is 13.2. The van der Waals surface area contributed by atoms with Crippen LogP contribution in [0, 0.1) is 0 Å². The summed E-state index contributed by atoms with van der Waals surface area (Å²) in [7, 11) is 0. The van der Waals surface area contributed by atoms with Gasteiger partial charge in [0, 0.05) is 11.8 Å². The van der Waals surface area contributed by atoms with Crippen molar-refractivity contribution in [3.05, 3.63) is 187 Å². The summed E-state index contributed by atoms with van der Waals surface area (Å²) in [5, 5.41) is 43.2. The molecule has 0 aliphatic rings. The van der Waals surface area contributed by atoms with E-state index in [-0.39, 0.29) is 86.5 Å². The third-order valence-corrected chi connectivity index (χ3v) is 11.9. The number of rotatable bonds is 18. The van der Waals surface area contributed by atoms with Gasteiger partial charge in [-0.15, -0.1) is 23.2 Å². The number of aliphatic hydroxyl groups excluding tert-OH is 2. The first-order chi connectivity index (χ1) is 29.7. The molecule has 0 heterocycles. The number of phenols is 2. The minimum atomic E-state index is -1.02. The van der Waals surface area contributed by atoms with Crippen molar-refractivity contribution in [1.82, 2.24) is 0 Å². The molecule has 0 saturated heterocycles. The molecule has 0 aliphatic carbocycles. The van der Waals surface area contributed by atoms with Gasteiger partial charge < -0.3 is 29.9 Å². The molecule has 62 heavy (non-hydrogen) atoms. The van der Waals surface area contributed by atoms with Gasteiger partial charge in [-0.25, -0.2) is 0 Å². The molecule has 0 spiro atoms. The second-order valence-corrected chi connectivity index (χ2v) is 16.1. The average Bonchev–Trinajstić information content (AvgIpc) is 3.27. The number of hydrogen-bond donors (Lipinski definition) is 4. The molecule has 320 valence electrons. The monoisotopic (exact) mass is 914 g/mol. The number of phenolic OH excluding ortho intramolecular Hbond substituents is 2. The Bertz CT molecular complexity index is 2400. The van der Waals surface area contributed by atoms with Crippen LogP contribution in [0.3, 0.4) is 0 Å². The predicted molar refractivity (Wildman–Crippen MR) is 241 cm³/mol. The molecule has 6 rings (SSSR count). The quantitative estimate of drug-likeness (QED) is 0.0488. The zero-order valence-electron chi connectivity index (χ0n) is 33.5. The van der Waals surface area contributed by atoms with E-state index in [0.717, 1.165) is 11.1 Å². The van der Waals surface area contributed by atoms with E-state index in [1.54, 1.807) is 97.1 Å². The number of hydrogen-bond acceptors (Lipinski definition) is 9. The maximum atomic E-state index is 14.2. The molecule has 13 heteroatoms. The number of ketones is 3. The molecule has 4 atom stereocenters. The summed E-state index contributed by atoms with van der Waals surface area (Å²) in [6, 6.07) is 34.3. The van der Waals surface area contributed by atoms with E-state index in [9.17, 15) is 34.8 Å². The SMILES string of the molecule is CC(=O)c1ccc(OCc2ccc(C(O)c3cccc(C(CCl)C(=O)C(CCl)c4cccc(C(O)c5ccc(COc6ccc(C(C)=O)c(O)c6Cl)cc5)c4)c3)cc2)c(Cl)c1O. The van der Waals surface area contributed by atoms with Crippen molar-refractivity contribution in [2.45, 2.75) is 51.1 Å². The molecule has 0 aromatic heterocycles. The Labute approximate surface area is 379 Å². The van der Waals surface area contributed by atoms with Crippen LogP contribution in [0.1, 0.15) is 103 Å². The molecule has 6 aromatic rings. The fourth-order valence-corrected chi connectivity index (χ4v) is 8.08. The van der Waals surface area contributed by atoms with Gasteiger partial charge in [0.2, 0.25) is 0 Å². The van der Waals surface area contributed by atoms with E-state index < -0.39 is 24.0 Å². The Morgan fingerprint density at radius 1 is 0.516 bits per heavy atom. The molecular weight excluding hydrogens is 874 g/mol. The van der Waals surface area contributed by atoms with E-state index in [0.29, 0.717) is 33.4 Å². The largest absolute Gasteiger partial charge is 0.505 e. The highest BCUT2D eigenvalue weighted by atomic mass is 35.5. The Balaban J connectivity index is 1.10. The molecule has 0 aliphatic heterocycles. The molecular formula is C49H42Cl4O9. The zero-order valence-corrected chi connectivity index (χ0v) is 36.6. The van der Waals surface area contributed by atoms with E-state index >= 15 is 0 Å². The summed E-state index contributed by atoms with van der Waals surface area (Å²) >= 11 is 25.4. The van der Waals surface area contributed by atoms with E-state index in [1.165, 1.54) is 38.1 Å². The predicted octanol–water partition coefficient (Wildman–Crippen LogP) is 11.0. The Kier molecular flexibility index (Phi) is 15.4. The first-order valence-electron chi connectivity index (χ1n) is 19.4. The van der Waals surface area contributed by atoms with Gasteiger partial charge in [-0.3, -0.25) is 14.4 Å². The Morgan fingerprint density at radius 3 is 1.21 bits per heavy atom. The summed E-state index contributed by atoms with van der Waals surface area (Å²) in [5.41, 5.74) is 5.27. The smallest absolute Gasteiger partial charge is 0.163 e. The number of aromatic hydroxyl groups is 2. The topological polar surface area (TPSA) is 151 Å². The number of ether oxygens (including phenoxy) is 2. The van der Waals surface area contributed by atoms with Crippen molar-refractivity contribution in [3.8, 4) is 23.0 Å². The highest BCUT2D eigenvalue weighted by Crippen LogP contribution is 2.39. The lowest BCUT2D eigenvalue weighted by Crippen LogP contribution is -2.23. The van der Waals surface area contributed by atoms with Crippen molar-refractivity contribution < 1.29 is 44.3 Å². The minimum Gasteiger partial charge on any atom is -0.505 e. The van der Waals surface area contributed by atoms with Crippen LogP contribution in [-0.4, -0.2) is 49.5 Å². The van der Waals surface area contributed by atoms with Crippen LogP contribution >= 0.6 is 46.4 Å². The average molecular weight is 917 g/mol. The van der Waals surface area contributed by atoms with Gasteiger partial charge in [-0.2, -0.15) is 0 Å². The third-order valence-electron chi connectivity index (χ3n) is 10.6. The van der Waals surface area contributed by atoms with E-state index in [4.69, 9.17) is 55.9 Å². The van der Waals surface area contributed by atoms with Crippen LogP contribution in [0.4, 0.5) is 0 Å². The molecule has 4 unspecified atom stereocenters. The van der Waals surface area contributed by atoms with Gasteiger partial charge in [-0.1, -0.05) is 120 Å². The maximum absolute atomic E-state index is 14.2.